The van der Waals surface area contributed by atoms with Crippen molar-refractivity contribution in [1.29, 1.82) is 0 Å². The zero-order valence-electron chi connectivity index (χ0n) is 12.1. The molecular formula is C16H17ClN2O2. The maximum atomic E-state index is 12.8. The minimum atomic E-state index is -0.193. The Hall–Kier alpha value is -1.68. The molecule has 1 aliphatic rings. The van der Waals surface area contributed by atoms with Crippen LogP contribution in [0, 0.1) is 6.92 Å². The second kappa shape index (κ2) is 5.26. The SMILES string of the molecule is CC(=O)c1c(C)c2cnc(Cl)cc2n(C2CCCC2)c1=O. The van der Waals surface area contributed by atoms with Gasteiger partial charge < -0.3 is 4.57 Å². The minimum Gasteiger partial charge on any atom is -0.304 e. The standard InChI is InChI=1S/C16H17ClN2O2/c1-9-12-8-18-14(17)7-13(12)19(11-5-3-4-6-11)16(21)15(9)10(2)20/h7-8,11H,3-6H2,1-2H3. The smallest absolute Gasteiger partial charge is 0.262 e. The van der Waals surface area contributed by atoms with Crippen LogP contribution in [0.15, 0.2) is 17.1 Å². The lowest BCUT2D eigenvalue weighted by Gasteiger charge is -2.19. The summed E-state index contributed by atoms with van der Waals surface area (Å²) in [5, 5.41) is 1.19. The van der Waals surface area contributed by atoms with Gasteiger partial charge in [-0.05, 0) is 38.3 Å². The second-order valence-electron chi connectivity index (χ2n) is 5.69. The number of rotatable bonds is 2. The molecule has 4 nitrogen and oxygen atoms in total. The third kappa shape index (κ3) is 2.27. The van der Waals surface area contributed by atoms with E-state index in [0.29, 0.717) is 10.7 Å². The summed E-state index contributed by atoms with van der Waals surface area (Å²) in [6, 6.07) is 1.88. The van der Waals surface area contributed by atoms with Crippen LogP contribution < -0.4 is 5.56 Å². The normalized spacial score (nSPS) is 15.8. The molecule has 0 N–H and O–H groups in total. The summed E-state index contributed by atoms with van der Waals surface area (Å²) >= 11 is 6.01. The van der Waals surface area contributed by atoms with Crippen molar-refractivity contribution in [1.82, 2.24) is 9.55 Å². The van der Waals surface area contributed by atoms with Crippen LogP contribution in [-0.2, 0) is 0 Å². The van der Waals surface area contributed by atoms with Gasteiger partial charge in [-0.2, -0.15) is 0 Å². The van der Waals surface area contributed by atoms with Crippen LogP contribution in [-0.4, -0.2) is 15.3 Å². The van der Waals surface area contributed by atoms with E-state index in [-0.39, 0.29) is 22.9 Å². The van der Waals surface area contributed by atoms with Crippen molar-refractivity contribution in [2.24, 2.45) is 0 Å². The molecule has 1 fully saturated rings. The first-order chi connectivity index (χ1) is 10.0. The number of nitrogens with zero attached hydrogens (tertiary/aromatic N) is 2. The zero-order valence-corrected chi connectivity index (χ0v) is 12.9. The average molecular weight is 305 g/mol. The topological polar surface area (TPSA) is 52.0 Å². The Kier molecular flexibility index (Phi) is 3.57. The third-order valence-corrected chi connectivity index (χ3v) is 4.57. The molecule has 0 aromatic carbocycles. The minimum absolute atomic E-state index is 0.150. The van der Waals surface area contributed by atoms with Crippen molar-refractivity contribution < 1.29 is 4.79 Å². The molecule has 21 heavy (non-hydrogen) atoms. The summed E-state index contributed by atoms with van der Waals surface area (Å²) in [6.07, 6.45) is 5.82. The molecule has 2 heterocycles. The van der Waals surface area contributed by atoms with Gasteiger partial charge in [0.05, 0.1) is 11.1 Å². The summed E-state index contributed by atoms with van der Waals surface area (Å²) in [5.74, 6) is -0.193. The van der Waals surface area contributed by atoms with Gasteiger partial charge in [-0.15, -0.1) is 0 Å². The molecule has 0 aliphatic heterocycles. The van der Waals surface area contributed by atoms with Crippen molar-refractivity contribution in [2.75, 3.05) is 0 Å². The van der Waals surface area contributed by atoms with Crippen LogP contribution in [0.25, 0.3) is 10.9 Å². The molecule has 2 aromatic rings. The number of Topliss-reactive ketones (excluding diaryl/α,β-unsaturated/α-hetero) is 1. The van der Waals surface area contributed by atoms with E-state index in [1.165, 1.54) is 6.92 Å². The van der Waals surface area contributed by atoms with E-state index < -0.39 is 0 Å². The van der Waals surface area contributed by atoms with Gasteiger partial charge in [0.2, 0.25) is 0 Å². The largest absolute Gasteiger partial charge is 0.304 e. The summed E-state index contributed by atoms with van der Waals surface area (Å²) < 4.78 is 1.76. The summed E-state index contributed by atoms with van der Waals surface area (Å²) in [7, 11) is 0. The highest BCUT2D eigenvalue weighted by molar-refractivity contribution is 6.30. The zero-order chi connectivity index (χ0) is 15.1. The molecule has 1 aliphatic carbocycles. The quantitative estimate of drug-likeness (QED) is 0.628. The van der Waals surface area contributed by atoms with Gasteiger partial charge in [0.15, 0.2) is 5.78 Å². The van der Waals surface area contributed by atoms with E-state index >= 15 is 0 Å². The van der Waals surface area contributed by atoms with Gasteiger partial charge in [-0.1, -0.05) is 24.4 Å². The van der Waals surface area contributed by atoms with Crippen molar-refractivity contribution in [2.45, 2.75) is 45.6 Å². The van der Waals surface area contributed by atoms with Gasteiger partial charge in [0.1, 0.15) is 5.15 Å². The molecule has 0 atom stereocenters. The number of pyridine rings is 2. The van der Waals surface area contributed by atoms with Crippen molar-refractivity contribution in [3.63, 3.8) is 0 Å². The van der Waals surface area contributed by atoms with E-state index in [1.807, 2.05) is 0 Å². The van der Waals surface area contributed by atoms with E-state index in [9.17, 15) is 9.59 Å². The predicted molar refractivity (Wildman–Crippen MR) is 83.3 cm³/mol. The molecule has 0 amide bonds. The molecule has 2 aromatic heterocycles. The number of carbonyl (C=O) groups excluding carboxylic acids is 1. The Morgan fingerprint density at radius 3 is 2.67 bits per heavy atom. The highest BCUT2D eigenvalue weighted by atomic mass is 35.5. The summed E-state index contributed by atoms with van der Waals surface area (Å²) in [6.45, 7) is 3.24. The Morgan fingerprint density at radius 2 is 2.05 bits per heavy atom. The highest BCUT2D eigenvalue weighted by Crippen LogP contribution is 2.32. The van der Waals surface area contributed by atoms with Crippen molar-refractivity contribution >= 4 is 28.3 Å². The Balaban J connectivity index is 2.44. The third-order valence-electron chi connectivity index (χ3n) is 4.36. The first-order valence-corrected chi connectivity index (χ1v) is 7.59. The summed E-state index contributed by atoms with van der Waals surface area (Å²) in [4.78, 5) is 28.8. The monoisotopic (exact) mass is 304 g/mol. The Bertz CT molecular complexity index is 789. The second-order valence-corrected chi connectivity index (χ2v) is 6.08. The molecule has 110 valence electrons. The van der Waals surface area contributed by atoms with Gasteiger partial charge in [-0.3, -0.25) is 9.59 Å². The van der Waals surface area contributed by atoms with Crippen LogP contribution in [0.3, 0.4) is 0 Å². The fourth-order valence-electron chi connectivity index (χ4n) is 3.37. The maximum Gasteiger partial charge on any atom is 0.262 e. The lowest BCUT2D eigenvalue weighted by atomic mass is 10.0. The van der Waals surface area contributed by atoms with E-state index in [2.05, 4.69) is 4.98 Å². The van der Waals surface area contributed by atoms with E-state index in [0.717, 1.165) is 36.6 Å². The Morgan fingerprint density at radius 1 is 1.38 bits per heavy atom. The summed E-state index contributed by atoms with van der Waals surface area (Å²) in [5.41, 5.74) is 1.57. The van der Waals surface area contributed by atoms with Crippen LogP contribution in [0.2, 0.25) is 5.15 Å². The number of fused-ring (bicyclic) bond motifs is 1. The van der Waals surface area contributed by atoms with Gasteiger partial charge in [0, 0.05) is 17.6 Å². The lowest BCUT2D eigenvalue weighted by molar-refractivity contribution is 0.101. The number of carbonyl (C=O) groups is 1. The van der Waals surface area contributed by atoms with Gasteiger partial charge >= 0.3 is 0 Å². The predicted octanol–water partition coefficient (Wildman–Crippen LogP) is 3.68. The molecular weight excluding hydrogens is 288 g/mol. The number of hydrogen-bond acceptors (Lipinski definition) is 3. The molecule has 3 rings (SSSR count). The first-order valence-electron chi connectivity index (χ1n) is 7.22. The molecule has 5 heteroatoms. The van der Waals surface area contributed by atoms with Crippen molar-refractivity contribution in [3.05, 3.63) is 38.9 Å². The number of aryl methyl sites for hydroxylation is 1. The van der Waals surface area contributed by atoms with Crippen LogP contribution in [0.1, 0.15) is 54.6 Å². The van der Waals surface area contributed by atoms with Gasteiger partial charge in [-0.25, -0.2) is 4.98 Å². The molecule has 0 saturated heterocycles. The van der Waals surface area contributed by atoms with Crippen LogP contribution in [0.4, 0.5) is 0 Å². The fraction of sp³-hybridized carbons (Fsp3) is 0.438. The maximum absolute atomic E-state index is 12.8. The average Bonchev–Trinajstić information content (AvgIpc) is 2.91. The van der Waals surface area contributed by atoms with E-state index in [4.69, 9.17) is 11.6 Å². The molecule has 0 radical (unpaired) electrons. The number of hydrogen-bond donors (Lipinski definition) is 0. The van der Waals surface area contributed by atoms with Crippen LogP contribution in [0.5, 0.6) is 0 Å². The van der Waals surface area contributed by atoms with E-state index in [1.54, 1.807) is 23.8 Å². The van der Waals surface area contributed by atoms with Gasteiger partial charge in [0.25, 0.3) is 5.56 Å². The molecule has 0 bridgehead atoms. The lowest BCUT2D eigenvalue weighted by Crippen LogP contribution is -2.30. The fourth-order valence-corrected chi connectivity index (χ4v) is 3.53. The first kappa shape index (κ1) is 14.3. The van der Waals surface area contributed by atoms with Crippen LogP contribution >= 0.6 is 11.6 Å². The number of ketones is 1. The molecule has 0 spiro atoms. The molecule has 1 saturated carbocycles. The van der Waals surface area contributed by atoms with Crippen molar-refractivity contribution in [3.8, 4) is 0 Å². The molecule has 0 unspecified atom stereocenters. The number of halogens is 1. The highest BCUT2D eigenvalue weighted by Gasteiger charge is 2.24. The number of aromatic nitrogens is 2. The Labute approximate surface area is 127 Å².